The number of amides is 1. The second-order valence-electron chi connectivity index (χ2n) is 8.39. The zero-order valence-corrected chi connectivity index (χ0v) is 18.5. The number of carbonyl (C=O) groups is 2. The van der Waals surface area contributed by atoms with Crippen LogP contribution in [0.5, 0.6) is 0 Å². The predicted molar refractivity (Wildman–Crippen MR) is 119 cm³/mol. The standard InChI is InChI=1S/C25H37NO4/c1-20(2)30-25(29)15-8-3-4-9-18-26-22(13-10-14-24(26)28)16-17-23(27)19-21-11-6-5-7-12-21/h5-7,11-12,16-17,20,22-23,27H,3-4,8-10,13-15,18-19H2,1-2H3. The molecule has 5 heteroatoms. The van der Waals surface area contributed by atoms with Gasteiger partial charge in [-0.2, -0.15) is 0 Å². The number of ether oxygens (including phenoxy) is 1. The molecule has 1 aromatic carbocycles. The molecule has 1 saturated heterocycles. The maximum absolute atomic E-state index is 12.4. The molecule has 0 spiro atoms. The highest BCUT2D eigenvalue weighted by atomic mass is 16.5. The van der Waals surface area contributed by atoms with Gasteiger partial charge in [0.05, 0.1) is 18.2 Å². The number of unbranched alkanes of at least 4 members (excludes halogenated alkanes) is 3. The number of hydrogen-bond donors (Lipinski definition) is 1. The molecule has 1 N–H and O–H groups in total. The Labute approximate surface area is 181 Å². The third kappa shape index (κ3) is 9.12. The Bertz CT molecular complexity index is 671. The zero-order chi connectivity index (χ0) is 21.8. The first kappa shape index (κ1) is 24.1. The molecule has 0 bridgehead atoms. The lowest BCUT2D eigenvalue weighted by molar-refractivity contribution is -0.147. The van der Waals surface area contributed by atoms with Gasteiger partial charge >= 0.3 is 5.97 Å². The molecule has 2 rings (SSSR count). The fourth-order valence-electron chi connectivity index (χ4n) is 3.84. The number of piperidine rings is 1. The number of likely N-dealkylation sites (tertiary alicyclic amines) is 1. The summed E-state index contributed by atoms with van der Waals surface area (Å²) in [5.41, 5.74) is 1.10. The Hall–Kier alpha value is -2.14. The van der Waals surface area contributed by atoms with Crippen molar-refractivity contribution >= 4 is 11.9 Å². The minimum Gasteiger partial charge on any atom is -0.463 e. The van der Waals surface area contributed by atoms with E-state index in [2.05, 4.69) is 0 Å². The van der Waals surface area contributed by atoms with Gasteiger partial charge in [-0.05, 0) is 45.1 Å². The fourth-order valence-corrected chi connectivity index (χ4v) is 3.84. The van der Waals surface area contributed by atoms with Crippen LogP contribution >= 0.6 is 0 Å². The molecular formula is C25H37NO4. The third-order valence-electron chi connectivity index (χ3n) is 5.35. The molecule has 0 aliphatic carbocycles. The van der Waals surface area contributed by atoms with E-state index in [0.29, 0.717) is 19.3 Å². The molecular weight excluding hydrogens is 378 g/mol. The van der Waals surface area contributed by atoms with Crippen molar-refractivity contribution in [1.29, 1.82) is 0 Å². The lowest BCUT2D eigenvalue weighted by Crippen LogP contribution is -2.43. The summed E-state index contributed by atoms with van der Waals surface area (Å²) in [6.07, 6.45) is 10.5. The van der Waals surface area contributed by atoms with Gasteiger partial charge in [0.15, 0.2) is 0 Å². The van der Waals surface area contributed by atoms with Crippen LogP contribution in [-0.2, 0) is 20.7 Å². The van der Waals surface area contributed by atoms with E-state index in [1.807, 2.05) is 61.2 Å². The summed E-state index contributed by atoms with van der Waals surface area (Å²) in [5.74, 6) is 0.0735. The number of carbonyl (C=O) groups excluding carboxylic acids is 2. The molecule has 1 aliphatic heterocycles. The molecule has 1 aliphatic rings. The monoisotopic (exact) mass is 415 g/mol. The van der Waals surface area contributed by atoms with Gasteiger partial charge in [0, 0.05) is 25.8 Å². The van der Waals surface area contributed by atoms with Crippen molar-refractivity contribution in [2.45, 2.75) is 89.9 Å². The van der Waals surface area contributed by atoms with Crippen LogP contribution in [-0.4, -0.2) is 46.7 Å². The minimum atomic E-state index is -0.545. The van der Waals surface area contributed by atoms with E-state index in [-0.39, 0.29) is 24.0 Å². The molecule has 0 saturated carbocycles. The summed E-state index contributed by atoms with van der Waals surface area (Å²) in [7, 11) is 0. The number of aliphatic hydroxyl groups is 1. The van der Waals surface area contributed by atoms with Crippen LogP contribution in [0, 0.1) is 0 Å². The highest BCUT2D eigenvalue weighted by Gasteiger charge is 2.25. The Morgan fingerprint density at radius 1 is 1.20 bits per heavy atom. The van der Waals surface area contributed by atoms with Crippen LogP contribution in [0.3, 0.4) is 0 Å². The van der Waals surface area contributed by atoms with Crippen LogP contribution in [0.25, 0.3) is 0 Å². The highest BCUT2D eigenvalue weighted by Crippen LogP contribution is 2.21. The van der Waals surface area contributed by atoms with E-state index in [1.54, 1.807) is 0 Å². The first-order chi connectivity index (χ1) is 14.5. The molecule has 2 atom stereocenters. The number of hydrogen-bond acceptors (Lipinski definition) is 4. The average molecular weight is 416 g/mol. The van der Waals surface area contributed by atoms with E-state index in [9.17, 15) is 14.7 Å². The topological polar surface area (TPSA) is 66.8 Å². The molecule has 1 heterocycles. The quantitative estimate of drug-likeness (QED) is 0.312. The molecule has 1 amide bonds. The van der Waals surface area contributed by atoms with Gasteiger partial charge in [-0.25, -0.2) is 0 Å². The lowest BCUT2D eigenvalue weighted by Gasteiger charge is -2.34. The van der Waals surface area contributed by atoms with Crippen molar-refractivity contribution < 1.29 is 19.4 Å². The molecule has 0 aromatic heterocycles. The van der Waals surface area contributed by atoms with Crippen LogP contribution in [0.15, 0.2) is 42.5 Å². The Morgan fingerprint density at radius 3 is 2.67 bits per heavy atom. The lowest BCUT2D eigenvalue weighted by atomic mass is 9.99. The summed E-state index contributed by atoms with van der Waals surface area (Å²) < 4.78 is 5.14. The minimum absolute atomic E-state index is 0.0567. The third-order valence-corrected chi connectivity index (χ3v) is 5.35. The Kier molecular flexibility index (Phi) is 10.6. The summed E-state index contributed by atoms with van der Waals surface area (Å²) in [4.78, 5) is 25.9. The van der Waals surface area contributed by atoms with Crippen LogP contribution < -0.4 is 0 Å². The van der Waals surface area contributed by atoms with Crippen molar-refractivity contribution in [1.82, 2.24) is 4.90 Å². The van der Waals surface area contributed by atoms with Crippen molar-refractivity contribution in [3.8, 4) is 0 Å². The number of aliphatic hydroxyl groups excluding tert-OH is 1. The van der Waals surface area contributed by atoms with Gasteiger partial charge < -0.3 is 14.7 Å². The van der Waals surface area contributed by atoms with Crippen molar-refractivity contribution in [2.75, 3.05) is 6.54 Å². The van der Waals surface area contributed by atoms with E-state index >= 15 is 0 Å². The second kappa shape index (κ2) is 13.2. The van der Waals surface area contributed by atoms with Crippen LogP contribution in [0.4, 0.5) is 0 Å². The average Bonchev–Trinajstić information content (AvgIpc) is 2.70. The normalized spacial score (nSPS) is 18.2. The molecule has 1 aromatic rings. The first-order valence-electron chi connectivity index (χ1n) is 11.3. The summed E-state index contributed by atoms with van der Waals surface area (Å²) in [6.45, 7) is 4.46. The van der Waals surface area contributed by atoms with E-state index in [1.165, 1.54) is 0 Å². The maximum atomic E-state index is 12.4. The number of esters is 1. The van der Waals surface area contributed by atoms with Crippen molar-refractivity contribution in [2.24, 2.45) is 0 Å². The molecule has 0 radical (unpaired) electrons. The van der Waals surface area contributed by atoms with Gasteiger partial charge in [0.1, 0.15) is 0 Å². The number of benzene rings is 1. The first-order valence-corrected chi connectivity index (χ1v) is 11.3. The van der Waals surface area contributed by atoms with E-state index in [0.717, 1.165) is 50.6 Å². The Morgan fingerprint density at radius 2 is 1.93 bits per heavy atom. The highest BCUT2D eigenvalue weighted by molar-refractivity contribution is 5.77. The fraction of sp³-hybridized carbons (Fsp3) is 0.600. The smallest absolute Gasteiger partial charge is 0.306 e. The van der Waals surface area contributed by atoms with Gasteiger partial charge in [-0.15, -0.1) is 0 Å². The maximum Gasteiger partial charge on any atom is 0.306 e. The molecule has 30 heavy (non-hydrogen) atoms. The summed E-state index contributed by atoms with van der Waals surface area (Å²) in [6, 6.07) is 10.00. The molecule has 5 nitrogen and oxygen atoms in total. The number of nitrogens with zero attached hydrogens (tertiary/aromatic N) is 1. The van der Waals surface area contributed by atoms with Gasteiger partial charge in [-0.1, -0.05) is 55.3 Å². The zero-order valence-electron chi connectivity index (χ0n) is 18.5. The van der Waals surface area contributed by atoms with Crippen LogP contribution in [0.1, 0.15) is 70.8 Å². The largest absolute Gasteiger partial charge is 0.463 e. The number of rotatable bonds is 12. The van der Waals surface area contributed by atoms with E-state index < -0.39 is 6.10 Å². The van der Waals surface area contributed by atoms with Gasteiger partial charge in [0.2, 0.25) is 5.91 Å². The van der Waals surface area contributed by atoms with Gasteiger partial charge in [0.25, 0.3) is 0 Å². The predicted octanol–water partition coefficient (Wildman–Crippen LogP) is 4.43. The van der Waals surface area contributed by atoms with Crippen molar-refractivity contribution in [3.63, 3.8) is 0 Å². The second-order valence-corrected chi connectivity index (χ2v) is 8.39. The summed E-state index contributed by atoms with van der Waals surface area (Å²) >= 11 is 0. The van der Waals surface area contributed by atoms with Gasteiger partial charge in [-0.3, -0.25) is 9.59 Å². The Balaban J connectivity index is 1.73. The van der Waals surface area contributed by atoms with Crippen molar-refractivity contribution in [3.05, 3.63) is 48.0 Å². The van der Waals surface area contributed by atoms with E-state index in [4.69, 9.17) is 4.74 Å². The SMILES string of the molecule is CC(C)OC(=O)CCCCCCN1C(=O)CCCC1C=CC(O)Cc1ccccc1. The summed E-state index contributed by atoms with van der Waals surface area (Å²) in [5, 5.41) is 10.3. The van der Waals surface area contributed by atoms with Crippen LogP contribution in [0.2, 0.25) is 0 Å². The molecule has 1 fully saturated rings. The molecule has 2 unspecified atom stereocenters. The molecule has 166 valence electrons.